The van der Waals surface area contributed by atoms with Crippen LogP contribution in [0.25, 0.3) is 5.83 Å². The van der Waals surface area contributed by atoms with Gasteiger partial charge >= 0.3 is 18.5 Å². The Morgan fingerprint density at radius 2 is 1.57 bits per heavy atom. The highest BCUT2D eigenvalue weighted by atomic mass is 35.5. The van der Waals surface area contributed by atoms with Crippen molar-refractivity contribution in [2.75, 3.05) is 6.54 Å². The minimum Gasteiger partial charge on any atom is -0.347 e. The zero-order chi connectivity index (χ0) is 30.8. The van der Waals surface area contributed by atoms with Crippen LogP contribution in [-0.2, 0) is 11.0 Å². The summed E-state index contributed by atoms with van der Waals surface area (Å²) in [4.78, 5) is 24.3. The fourth-order valence-electron chi connectivity index (χ4n) is 3.57. The number of rotatable bonds is 8. The summed E-state index contributed by atoms with van der Waals surface area (Å²) >= 11 is 11.7. The first-order valence-electron chi connectivity index (χ1n) is 11.1. The molecule has 0 aliphatic carbocycles. The smallest absolute Gasteiger partial charge is 0.347 e. The Kier molecular flexibility index (Phi) is 10.3. The van der Waals surface area contributed by atoms with E-state index < -0.39 is 83.1 Å². The van der Waals surface area contributed by atoms with Gasteiger partial charge in [0.15, 0.2) is 5.78 Å². The number of nitrogens with one attached hydrogen (secondary N) is 1. The molecule has 40 heavy (non-hydrogen) atoms. The second kappa shape index (κ2) is 12.4. The Morgan fingerprint density at radius 3 is 2.08 bits per heavy atom. The maximum absolute atomic E-state index is 15.0. The second-order valence-corrected chi connectivity index (χ2v) is 9.57. The lowest BCUT2D eigenvalue weighted by Gasteiger charge is -2.20. The molecule has 0 radical (unpaired) electrons. The Hall–Kier alpha value is -2.80. The largest absolute Gasteiger partial charge is 0.417 e. The van der Waals surface area contributed by atoms with E-state index >= 15 is 0 Å². The fourth-order valence-corrected chi connectivity index (χ4v) is 3.95. The number of amides is 1. The van der Waals surface area contributed by atoms with E-state index in [-0.39, 0.29) is 27.8 Å². The summed E-state index contributed by atoms with van der Waals surface area (Å²) in [5.41, 5.74) is -4.10. The third-order valence-electron chi connectivity index (χ3n) is 5.56. The summed E-state index contributed by atoms with van der Waals surface area (Å²) in [5, 5.41) is 1.19. The average molecular weight is 626 g/mol. The predicted octanol–water partition coefficient (Wildman–Crippen LogP) is 8.86. The number of benzene rings is 2. The monoisotopic (exact) mass is 625 g/mol. The lowest BCUT2D eigenvalue weighted by atomic mass is 9.92. The van der Waals surface area contributed by atoms with Crippen molar-refractivity contribution in [2.45, 2.75) is 44.7 Å². The van der Waals surface area contributed by atoms with E-state index in [0.717, 1.165) is 19.1 Å². The number of hydrogen-bond donors (Lipinski definition) is 1. The number of halogens is 12. The summed E-state index contributed by atoms with van der Waals surface area (Å²) in [6, 6.07) is 3.11. The number of hydrogen-bond acceptors (Lipinski definition) is 2. The van der Waals surface area contributed by atoms with Gasteiger partial charge in [0.05, 0.1) is 15.6 Å². The number of ketones is 1. The Balaban J connectivity index is 2.45. The topological polar surface area (TPSA) is 46.2 Å². The molecule has 3 nitrogen and oxygen atoms in total. The molecule has 0 aliphatic heterocycles. The molecule has 0 fully saturated rings. The molecule has 2 aromatic carbocycles. The van der Waals surface area contributed by atoms with Gasteiger partial charge in [0.25, 0.3) is 0 Å². The molecule has 1 amide bonds. The van der Waals surface area contributed by atoms with Crippen LogP contribution >= 0.6 is 23.2 Å². The third-order valence-corrected chi connectivity index (χ3v) is 6.46. The van der Waals surface area contributed by atoms with Gasteiger partial charge < -0.3 is 5.32 Å². The molecular weight excluding hydrogens is 607 g/mol. The number of carbonyl (C=O) groups is 2. The number of Topliss-reactive ketones (excluding diaryl/α,β-unsaturated/α-hetero) is 1. The summed E-state index contributed by atoms with van der Waals surface area (Å²) in [5.74, 6) is -8.35. The number of alkyl halides is 9. The van der Waals surface area contributed by atoms with Crippen molar-refractivity contribution >= 4 is 40.7 Å². The van der Waals surface area contributed by atoms with Crippen LogP contribution < -0.4 is 5.32 Å². The second-order valence-electron chi connectivity index (χ2n) is 8.79. The molecule has 0 heterocycles. The van der Waals surface area contributed by atoms with Crippen LogP contribution in [0.4, 0.5) is 43.9 Å². The summed E-state index contributed by atoms with van der Waals surface area (Å²) < 4.78 is 134. The Bertz CT molecular complexity index is 1280. The van der Waals surface area contributed by atoms with Crippen LogP contribution in [-0.4, -0.2) is 30.6 Å². The van der Waals surface area contributed by atoms with Crippen molar-refractivity contribution in [1.29, 1.82) is 0 Å². The third kappa shape index (κ3) is 8.85. The molecule has 15 heteroatoms. The molecule has 1 N–H and O–H groups in total. The number of carbonyl (C=O) groups excluding carboxylic acids is 2. The first kappa shape index (κ1) is 33.4. The highest BCUT2D eigenvalue weighted by Crippen LogP contribution is 2.42. The molecule has 0 saturated heterocycles. The number of aryl methyl sites for hydroxylation is 1. The lowest BCUT2D eigenvalue weighted by molar-refractivity contribution is -0.140. The van der Waals surface area contributed by atoms with Crippen LogP contribution in [0, 0.1) is 12.8 Å². The van der Waals surface area contributed by atoms with E-state index in [2.05, 4.69) is 0 Å². The summed E-state index contributed by atoms with van der Waals surface area (Å²) in [7, 11) is 0. The van der Waals surface area contributed by atoms with Gasteiger partial charge in [0.1, 0.15) is 18.3 Å². The van der Waals surface area contributed by atoms with Gasteiger partial charge in [0.2, 0.25) is 5.91 Å². The molecule has 220 valence electrons. The van der Waals surface area contributed by atoms with Crippen LogP contribution in [0.2, 0.25) is 10.0 Å². The van der Waals surface area contributed by atoms with E-state index in [1.54, 1.807) is 0 Å². The standard InChI is InChI=1S/C25H19Cl2F10NO2/c1-11-5-14(8-18(26)21(11)27)16(24(32,33)34)9-19(28)13-3-4-15(17(7-13)25(35,36)37)20(39)6-12(2)22(40)38-10-23(29,30)31/h3-5,7-9,12,16H,6,10H2,1-2H3,(H,38,40)/b19-9-/t12-,16?/m0/s1. The van der Waals surface area contributed by atoms with Crippen molar-refractivity contribution in [1.82, 2.24) is 5.32 Å². The highest BCUT2D eigenvalue weighted by Gasteiger charge is 2.41. The Morgan fingerprint density at radius 1 is 0.975 bits per heavy atom. The van der Waals surface area contributed by atoms with Crippen molar-refractivity contribution in [3.8, 4) is 0 Å². The van der Waals surface area contributed by atoms with Gasteiger partial charge in [-0.25, -0.2) is 4.39 Å². The van der Waals surface area contributed by atoms with Gasteiger partial charge in [-0.2, -0.15) is 39.5 Å². The van der Waals surface area contributed by atoms with Crippen LogP contribution in [0.15, 0.2) is 36.4 Å². The van der Waals surface area contributed by atoms with Gasteiger partial charge in [-0.15, -0.1) is 0 Å². The zero-order valence-corrected chi connectivity index (χ0v) is 21.9. The fraction of sp³-hybridized carbons (Fsp3) is 0.360. The van der Waals surface area contributed by atoms with Crippen LogP contribution in [0.1, 0.15) is 51.9 Å². The normalized spacial score (nSPS) is 14.6. The Labute approximate surface area is 231 Å². The van der Waals surface area contributed by atoms with Gasteiger partial charge in [-0.3, -0.25) is 9.59 Å². The minimum absolute atomic E-state index is 0.0435. The van der Waals surface area contributed by atoms with Crippen molar-refractivity contribution < 1.29 is 53.5 Å². The lowest BCUT2D eigenvalue weighted by Crippen LogP contribution is -2.37. The van der Waals surface area contributed by atoms with E-state index in [0.29, 0.717) is 12.1 Å². The van der Waals surface area contributed by atoms with E-state index in [4.69, 9.17) is 23.2 Å². The zero-order valence-electron chi connectivity index (χ0n) is 20.4. The molecule has 2 rings (SSSR count). The van der Waals surface area contributed by atoms with Gasteiger partial charge in [-0.05, 0) is 36.3 Å². The van der Waals surface area contributed by atoms with Crippen molar-refractivity contribution in [3.05, 3.63) is 74.3 Å². The van der Waals surface area contributed by atoms with E-state index in [1.807, 2.05) is 0 Å². The van der Waals surface area contributed by atoms with Crippen molar-refractivity contribution in [2.24, 2.45) is 5.92 Å². The molecule has 0 aliphatic rings. The van der Waals surface area contributed by atoms with Crippen LogP contribution in [0.3, 0.4) is 0 Å². The molecule has 0 bridgehead atoms. The average Bonchev–Trinajstić information content (AvgIpc) is 2.81. The van der Waals surface area contributed by atoms with Gasteiger partial charge in [-0.1, -0.05) is 48.3 Å². The highest BCUT2D eigenvalue weighted by molar-refractivity contribution is 6.42. The SMILES string of the molecule is Cc1cc(C(/C=C(\F)c2ccc(C(=O)C[C@H](C)C(=O)NCC(F)(F)F)c(C(F)(F)F)c2)C(F)(F)F)cc(Cl)c1Cl. The molecule has 2 aromatic rings. The molecular formula is C25H19Cl2F10NO2. The van der Waals surface area contributed by atoms with E-state index in [9.17, 15) is 53.5 Å². The van der Waals surface area contributed by atoms with Crippen molar-refractivity contribution in [3.63, 3.8) is 0 Å². The molecule has 0 aromatic heterocycles. The first-order valence-corrected chi connectivity index (χ1v) is 11.9. The quantitative estimate of drug-likeness (QED) is 0.235. The van der Waals surface area contributed by atoms with E-state index in [1.165, 1.54) is 12.2 Å². The molecule has 2 atom stereocenters. The van der Waals surface area contributed by atoms with Gasteiger partial charge in [0, 0.05) is 23.5 Å². The minimum atomic E-state index is -5.28. The maximum atomic E-state index is 15.0. The van der Waals surface area contributed by atoms with Crippen LogP contribution in [0.5, 0.6) is 0 Å². The summed E-state index contributed by atoms with van der Waals surface area (Å²) in [6.07, 6.45) is -16.0. The molecule has 1 unspecified atom stereocenters. The molecule has 0 saturated carbocycles. The first-order chi connectivity index (χ1) is 18.1. The summed E-state index contributed by atoms with van der Waals surface area (Å²) in [6.45, 7) is 0.631. The maximum Gasteiger partial charge on any atom is 0.417 e. The molecule has 0 spiro atoms. The number of allylic oxidation sites excluding steroid dienone is 1. The predicted molar refractivity (Wildman–Crippen MR) is 128 cm³/mol.